The topological polar surface area (TPSA) is 69.4 Å². The van der Waals surface area contributed by atoms with Gasteiger partial charge in [0.25, 0.3) is 5.89 Å². The molecule has 1 N–H and O–H groups in total. The summed E-state index contributed by atoms with van der Waals surface area (Å²) in [4.78, 5) is 0. The lowest BCUT2D eigenvalue weighted by atomic mass is 10.2. The zero-order chi connectivity index (χ0) is 13.8. The highest BCUT2D eigenvalue weighted by Gasteiger charge is 2.27. The van der Waals surface area contributed by atoms with Gasteiger partial charge in [0.1, 0.15) is 6.61 Å². The molecule has 0 radical (unpaired) electrons. The summed E-state index contributed by atoms with van der Waals surface area (Å²) in [5.41, 5.74) is 0. The van der Waals surface area contributed by atoms with E-state index >= 15 is 0 Å². The molecule has 0 fully saturated rings. The molecule has 0 spiro atoms. The fourth-order valence-electron chi connectivity index (χ4n) is 2.01. The van der Waals surface area contributed by atoms with Crippen molar-refractivity contribution in [2.45, 2.75) is 19.4 Å². The van der Waals surface area contributed by atoms with Crippen LogP contribution in [0.3, 0.4) is 0 Å². The highest BCUT2D eigenvalue weighted by atomic mass is 16.6. The van der Waals surface area contributed by atoms with Crippen LogP contribution in [0, 0.1) is 0 Å². The number of rotatable bonds is 5. The maximum Gasteiger partial charge on any atom is 0.260 e. The largest absolute Gasteiger partial charge is 0.485 e. The Balaban J connectivity index is 1.66. The van der Waals surface area contributed by atoms with Crippen molar-refractivity contribution in [2.24, 2.45) is 0 Å². The summed E-state index contributed by atoms with van der Waals surface area (Å²) >= 11 is 0. The van der Waals surface area contributed by atoms with E-state index in [4.69, 9.17) is 13.9 Å². The number of aromatic nitrogens is 2. The maximum atomic E-state index is 5.82. The van der Waals surface area contributed by atoms with Crippen LogP contribution in [0.4, 0.5) is 0 Å². The minimum atomic E-state index is -0.342. The molecular formula is C14H17N3O3. The number of benzene rings is 1. The Hall–Kier alpha value is -2.08. The van der Waals surface area contributed by atoms with Crippen LogP contribution in [0.15, 0.2) is 28.7 Å². The molecule has 20 heavy (non-hydrogen) atoms. The maximum absolute atomic E-state index is 5.82. The molecule has 6 nitrogen and oxygen atoms in total. The second-order valence-corrected chi connectivity index (χ2v) is 4.50. The first-order valence-corrected chi connectivity index (χ1v) is 6.78. The van der Waals surface area contributed by atoms with Crippen molar-refractivity contribution in [2.75, 3.05) is 19.7 Å². The molecule has 0 saturated carbocycles. The predicted molar refractivity (Wildman–Crippen MR) is 71.9 cm³/mol. The Morgan fingerprint density at radius 2 is 2.10 bits per heavy atom. The van der Waals surface area contributed by atoms with Gasteiger partial charge in [-0.2, -0.15) is 0 Å². The van der Waals surface area contributed by atoms with Crippen molar-refractivity contribution < 1.29 is 13.9 Å². The van der Waals surface area contributed by atoms with Crippen LogP contribution in [-0.4, -0.2) is 29.9 Å². The molecule has 6 heteroatoms. The van der Waals surface area contributed by atoms with Gasteiger partial charge in [0.2, 0.25) is 12.0 Å². The van der Waals surface area contributed by atoms with E-state index in [9.17, 15) is 0 Å². The summed E-state index contributed by atoms with van der Waals surface area (Å²) in [5.74, 6) is 2.53. The fraction of sp³-hybridized carbons (Fsp3) is 0.429. The van der Waals surface area contributed by atoms with Gasteiger partial charge >= 0.3 is 0 Å². The van der Waals surface area contributed by atoms with Crippen molar-refractivity contribution in [3.63, 3.8) is 0 Å². The summed E-state index contributed by atoms with van der Waals surface area (Å²) in [6.07, 6.45) is 0.371. The van der Waals surface area contributed by atoms with Crippen LogP contribution >= 0.6 is 0 Å². The number of fused-ring (bicyclic) bond motifs is 1. The number of para-hydroxylation sites is 2. The van der Waals surface area contributed by atoms with Gasteiger partial charge in [-0.05, 0) is 18.7 Å². The SMILES string of the molecule is CCNCCc1nnc(C2COc3ccccc3O2)o1. The lowest BCUT2D eigenvalue weighted by molar-refractivity contribution is 0.0704. The van der Waals surface area contributed by atoms with E-state index in [1.807, 2.05) is 24.3 Å². The van der Waals surface area contributed by atoms with Crippen LogP contribution in [0.5, 0.6) is 11.5 Å². The molecule has 2 heterocycles. The quantitative estimate of drug-likeness (QED) is 0.838. The molecule has 0 aliphatic carbocycles. The van der Waals surface area contributed by atoms with Crippen molar-refractivity contribution in [3.05, 3.63) is 36.0 Å². The number of ether oxygens (including phenoxy) is 2. The lowest BCUT2D eigenvalue weighted by Gasteiger charge is -2.23. The molecule has 1 aromatic carbocycles. The van der Waals surface area contributed by atoms with Crippen molar-refractivity contribution in [1.29, 1.82) is 0 Å². The molecule has 0 saturated heterocycles. The molecule has 3 rings (SSSR count). The summed E-state index contributed by atoms with van der Waals surface area (Å²) in [6.45, 7) is 4.19. The van der Waals surface area contributed by atoms with Crippen molar-refractivity contribution in [1.82, 2.24) is 15.5 Å². The Morgan fingerprint density at radius 1 is 1.25 bits per heavy atom. The second kappa shape index (κ2) is 5.92. The van der Waals surface area contributed by atoms with Crippen LogP contribution in [-0.2, 0) is 6.42 Å². The van der Waals surface area contributed by atoms with E-state index in [-0.39, 0.29) is 6.10 Å². The molecular weight excluding hydrogens is 258 g/mol. The Kier molecular flexibility index (Phi) is 3.83. The zero-order valence-electron chi connectivity index (χ0n) is 11.3. The summed E-state index contributed by atoms with van der Waals surface area (Å²) in [7, 11) is 0. The second-order valence-electron chi connectivity index (χ2n) is 4.50. The number of nitrogens with zero attached hydrogens (tertiary/aromatic N) is 2. The third-order valence-corrected chi connectivity index (χ3v) is 3.03. The van der Waals surface area contributed by atoms with E-state index < -0.39 is 0 Å². The first kappa shape index (κ1) is 12.9. The van der Waals surface area contributed by atoms with E-state index in [1.165, 1.54) is 0 Å². The molecule has 1 aromatic heterocycles. The molecule has 1 atom stereocenters. The third-order valence-electron chi connectivity index (χ3n) is 3.03. The van der Waals surface area contributed by atoms with Gasteiger partial charge in [-0.3, -0.25) is 0 Å². The van der Waals surface area contributed by atoms with Gasteiger partial charge in [-0.15, -0.1) is 10.2 Å². The van der Waals surface area contributed by atoms with Gasteiger partial charge in [0.15, 0.2) is 11.5 Å². The lowest BCUT2D eigenvalue weighted by Crippen LogP contribution is -2.21. The van der Waals surface area contributed by atoms with E-state index in [1.54, 1.807) is 0 Å². The highest BCUT2D eigenvalue weighted by molar-refractivity contribution is 5.40. The molecule has 0 amide bonds. The van der Waals surface area contributed by atoms with Crippen LogP contribution in [0.2, 0.25) is 0 Å². The number of likely N-dealkylation sites (N-methyl/N-ethyl adjacent to an activating group) is 1. The number of nitrogens with one attached hydrogen (secondary N) is 1. The third kappa shape index (κ3) is 2.75. The fourth-order valence-corrected chi connectivity index (χ4v) is 2.01. The van der Waals surface area contributed by atoms with Crippen molar-refractivity contribution >= 4 is 0 Å². The average molecular weight is 275 g/mol. The van der Waals surface area contributed by atoms with Crippen LogP contribution < -0.4 is 14.8 Å². The van der Waals surface area contributed by atoms with E-state index in [0.717, 1.165) is 18.8 Å². The Bertz CT molecular complexity index is 570. The minimum absolute atomic E-state index is 0.342. The van der Waals surface area contributed by atoms with Gasteiger partial charge in [0, 0.05) is 13.0 Å². The molecule has 1 aliphatic heterocycles. The number of hydrogen-bond donors (Lipinski definition) is 1. The normalized spacial score (nSPS) is 17.1. The van der Waals surface area contributed by atoms with Gasteiger partial charge in [-0.1, -0.05) is 19.1 Å². The zero-order valence-corrected chi connectivity index (χ0v) is 11.3. The van der Waals surface area contributed by atoms with Gasteiger partial charge in [-0.25, -0.2) is 0 Å². The van der Waals surface area contributed by atoms with Crippen LogP contribution in [0.1, 0.15) is 24.8 Å². The first-order valence-electron chi connectivity index (χ1n) is 6.78. The molecule has 2 aromatic rings. The highest BCUT2D eigenvalue weighted by Crippen LogP contribution is 2.35. The number of hydrogen-bond acceptors (Lipinski definition) is 6. The summed E-state index contributed by atoms with van der Waals surface area (Å²) in [5, 5.41) is 11.3. The standard InChI is InChI=1S/C14H17N3O3/c1-2-15-8-7-13-16-17-14(20-13)12-9-18-10-5-3-4-6-11(10)19-12/h3-6,12,15H,2,7-9H2,1H3. The molecule has 1 aliphatic rings. The summed E-state index contributed by atoms with van der Waals surface area (Å²) in [6, 6.07) is 7.56. The Labute approximate surface area is 117 Å². The van der Waals surface area contributed by atoms with Crippen LogP contribution in [0.25, 0.3) is 0 Å². The van der Waals surface area contributed by atoms with Gasteiger partial charge in [0.05, 0.1) is 0 Å². The van der Waals surface area contributed by atoms with E-state index in [2.05, 4.69) is 22.4 Å². The Morgan fingerprint density at radius 3 is 2.95 bits per heavy atom. The molecule has 106 valence electrons. The monoisotopic (exact) mass is 275 g/mol. The van der Waals surface area contributed by atoms with Gasteiger partial charge < -0.3 is 19.2 Å². The molecule has 0 bridgehead atoms. The smallest absolute Gasteiger partial charge is 0.260 e. The van der Waals surface area contributed by atoms with Crippen molar-refractivity contribution in [3.8, 4) is 11.5 Å². The van der Waals surface area contributed by atoms with E-state index in [0.29, 0.717) is 30.6 Å². The first-order chi connectivity index (χ1) is 9.86. The summed E-state index contributed by atoms with van der Waals surface area (Å²) < 4.78 is 17.1. The molecule has 1 unspecified atom stereocenters. The average Bonchev–Trinajstić information content (AvgIpc) is 2.96. The predicted octanol–water partition coefficient (Wildman–Crippen LogP) is 1.73. The minimum Gasteiger partial charge on any atom is -0.485 e.